The van der Waals surface area contributed by atoms with E-state index in [9.17, 15) is 0 Å². The molecular weight excluding hydrogens is 445 g/mol. The molecule has 2 aromatic heterocycles. The van der Waals surface area contributed by atoms with Gasteiger partial charge in [0, 0.05) is 31.1 Å². The molecule has 0 saturated heterocycles. The zero-order chi connectivity index (χ0) is 16.9. The Hall–Kier alpha value is -1.74. The van der Waals surface area contributed by atoms with E-state index >= 15 is 0 Å². The van der Waals surface area contributed by atoms with Crippen molar-refractivity contribution in [2.45, 2.75) is 20.0 Å². The third-order valence-corrected chi connectivity index (χ3v) is 4.63. The maximum absolute atomic E-state index is 4.51. The summed E-state index contributed by atoms with van der Waals surface area (Å²) in [7, 11) is 3.81. The summed E-state index contributed by atoms with van der Waals surface area (Å²) in [4.78, 5) is 15.5. The van der Waals surface area contributed by atoms with Gasteiger partial charge in [0.2, 0.25) is 0 Å². The van der Waals surface area contributed by atoms with E-state index in [4.69, 9.17) is 0 Å². The van der Waals surface area contributed by atoms with Gasteiger partial charge >= 0.3 is 0 Å². The Balaban J connectivity index is 0.00000225. The van der Waals surface area contributed by atoms with E-state index in [0.717, 1.165) is 28.9 Å². The molecular formula is C18H22IN5S. The fourth-order valence-electron chi connectivity index (χ4n) is 2.67. The van der Waals surface area contributed by atoms with Crippen LogP contribution in [0.2, 0.25) is 0 Å². The van der Waals surface area contributed by atoms with Crippen molar-refractivity contribution in [3.05, 3.63) is 58.3 Å². The predicted octanol–water partition coefficient (Wildman–Crippen LogP) is 3.83. The number of benzene rings is 1. The maximum Gasteiger partial charge on any atom is 0.194 e. The van der Waals surface area contributed by atoms with Crippen LogP contribution in [0, 0.1) is 6.92 Å². The first-order valence-electron chi connectivity index (χ1n) is 7.83. The van der Waals surface area contributed by atoms with E-state index in [2.05, 4.69) is 42.7 Å². The highest BCUT2D eigenvalue weighted by Crippen LogP contribution is 2.16. The molecule has 0 saturated carbocycles. The summed E-state index contributed by atoms with van der Waals surface area (Å²) in [5.41, 5.74) is 2.08. The van der Waals surface area contributed by atoms with E-state index in [1.807, 2.05) is 38.4 Å². The summed E-state index contributed by atoms with van der Waals surface area (Å²) in [6, 6.07) is 10.3. The molecule has 0 atom stereocenters. The zero-order valence-corrected chi connectivity index (χ0v) is 17.7. The number of aryl methyl sites for hydroxylation is 1. The third-order valence-electron chi connectivity index (χ3n) is 3.81. The number of aromatic nitrogens is 2. The number of aliphatic imine (C=N–C) groups is 1. The Morgan fingerprint density at radius 2 is 2.08 bits per heavy atom. The van der Waals surface area contributed by atoms with Crippen molar-refractivity contribution in [2.75, 3.05) is 14.1 Å². The van der Waals surface area contributed by atoms with Gasteiger partial charge in [-0.15, -0.1) is 35.3 Å². The molecule has 0 bridgehead atoms. The van der Waals surface area contributed by atoms with Crippen LogP contribution >= 0.6 is 35.3 Å². The SMILES string of the molecule is CN=C(NCc1nccc2ccccc12)N(C)Cc1csc(C)n1.I. The van der Waals surface area contributed by atoms with Gasteiger partial charge in [0.15, 0.2) is 5.96 Å². The third kappa shape index (κ3) is 4.88. The summed E-state index contributed by atoms with van der Waals surface area (Å²) >= 11 is 1.67. The second kappa shape index (κ2) is 9.10. The molecule has 0 aliphatic heterocycles. The van der Waals surface area contributed by atoms with Crippen molar-refractivity contribution < 1.29 is 0 Å². The highest BCUT2D eigenvalue weighted by Gasteiger charge is 2.10. The Bertz CT molecular complexity index is 856. The Kier molecular flexibility index (Phi) is 7.12. The number of nitrogens with one attached hydrogen (secondary N) is 1. The first kappa shape index (κ1) is 19.6. The lowest BCUT2D eigenvalue weighted by molar-refractivity contribution is 0.470. The molecule has 7 heteroatoms. The number of pyridine rings is 1. The molecule has 2 heterocycles. The fraction of sp³-hybridized carbons (Fsp3) is 0.278. The predicted molar refractivity (Wildman–Crippen MR) is 116 cm³/mol. The molecule has 0 unspecified atom stereocenters. The van der Waals surface area contributed by atoms with Gasteiger partial charge in [-0.25, -0.2) is 4.98 Å². The molecule has 25 heavy (non-hydrogen) atoms. The molecule has 0 spiro atoms. The quantitative estimate of drug-likeness (QED) is 0.360. The van der Waals surface area contributed by atoms with E-state index < -0.39 is 0 Å². The van der Waals surface area contributed by atoms with Crippen molar-refractivity contribution in [3.63, 3.8) is 0 Å². The van der Waals surface area contributed by atoms with Gasteiger partial charge in [0.25, 0.3) is 0 Å². The summed E-state index contributed by atoms with van der Waals surface area (Å²) in [6.07, 6.45) is 1.85. The lowest BCUT2D eigenvalue weighted by atomic mass is 10.1. The Morgan fingerprint density at radius 3 is 2.80 bits per heavy atom. The van der Waals surface area contributed by atoms with Crippen LogP contribution in [0.15, 0.2) is 46.9 Å². The van der Waals surface area contributed by atoms with E-state index in [0.29, 0.717) is 6.54 Å². The Morgan fingerprint density at radius 1 is 1.28 bits per heavy atom. The van der Waals surface area contributed by atoms with Crippen molar-refractivity contribution in [2.24, 2.45) is 4.99 Å². The number of thiazole rings is 1. The number of nitrogens with zero attached hydrogens (tertiary/aromatic N) is 4. The van der Waals surface area contributed by atoms with Gasteiger partial charge in [0.05, 0.1) is 29.5 Å². The molecule has 132 valence electrons. The molecule has 0 fully saturated rings. The molecule has 0 aliphatic carbocycles. The summed E-state index contributed by atoms with van der Waals surface area (Å²) in [6.45, 7) is 3.38. The van der Waals surface area contributed by atoms with Crippen molar-refractivity contribution >= 4 is 52.0 Å². The summed E-state index contributed by atoms with van der Waals surface area (Å²) in [5.74, 6) is 0.829. The summed E-state index contributed by atoms with van der Waals surface area (Å²) in [5, 5.41) is 8.93. The van der Waals surface area contributed by atoms with Gasteiger partial charge in [0.1, 0.15) is 0 Å². The van der Waals surface area contributed by atoms with Crippen molar-refractivity contribution in [1.29, 1.82) is 0 Å². The second-order valence-corrected chi connectivity index (χ2v) is 6.66. The van der Waals surface area contributed by atoms with Crippen LogP contribution in [0.1, 0.15) is 16.4 Å². The number of rotatable bonds is 4. The first-order chi connectivity index (χ1) is 11.7. The average molecular weight is 467 g/mol. The minimum atomic E-state index is 0. The molecule has 1 N–H and O–H groups in total. The molecule has 0 amide bonds. The number of guanidine groups is 1. The van der Waals surface area contributed by atoms with Crippen LogP contribution in [-0.4, -0.2) is 34.9 Å². The van der Waals surface area contributed by atoms with Gasteiger partial charge in [-0.1, -0.05) is 24.3 Å². The molecule has 3 rings (SSSR count). The minimum Gasteiger partial charge on any atom is -0.351 e. The highest BCUT2D eigenvalue weighted by atomic mass is 127. The number of halogens is 1. The average Bonchev–Trinajstić information content (AvgIpc) is 3.00. The van der Waals surface area contributed by atoms with Crippen molar-refractivity contribution in [1.82, 2.24) is 20.2 Å². The van der Waals surface area contributed by atoms with Gasteiger partial charge in [-0.2, -0.15) is 0 Å². The Labute approximate surface area is 169 Å². The van der Waals surface area contributed by atoms with Crippen LogP contribution in [0.5, 0.6) is 0 Å². The van der Waals surface area contributed by atoms with E-state index in [1.54, 1.807) is 18.4 Å². The monoisotopic (exact) mass is 467 g/mol. The smallest absolute Gasteiger partial charge is 0.194 e. The van der Waals surface area contributed by atoms with Crippen LogP contribution in [-0.2, 0) is 13.1 Å². The molecule has 3 aromatic rings. The summed E-state index contributed by atoms with van der Waals surface area (Å²) < 4.78 is 0. The largest absolute Gasteiger partial charge is 0.351 e. The maximum atomic E-state index is 4.51. The normalized spacial score (nSPS) is 11.2. The van der Waals surface area contributed by atoms with Crippen LogP contribution in [0.25, 0.3) is 10.8 Å². The lowest BCUT2D eigenvalue weighted by Crippen LogP contribution is -2.38. The van der Waals surface area contributed by atoms with Gasteiger partial charge in [-0.05, 0) is 18.4 Å². The van der Waals surface area contributed by atoms with Gasteiger partial charge < -0.3 is 10.2 Å². The highest BCUT2D eigenvalue weighted by molar-refractivity contribution is 14.0. The van der Waals surface area contributed by atoms with Gasteiger partial charge in [-0.3, -0.25) is 9.98 Å². The van der Waals surface area contributed by atoms with Crippen LogP contribution < -0.4 is 5.32 Å². The fourth-order valence-corrected chi connectivity index (χ4v) is 3.27. The van der Waals surface area contributed by atoms with Crippen LogP contribution in [0.3, 0.4) is 0 Å². The molecule has 0 aliphatic rings. The second-order valence-electron chi connectivity index (χ2n) is 5.59. The molecule has 5 nitrogen and oxygen atoms in total. The zero-order valence-electron chi connectivity index (χ0n) is 14.6. The topological polar surface area (TPSA) is 53.4 Å². The van der Waals surface area contributed by atoms with Crippen LogP contribution in [0.4, 0.5) is 0 Å². The lowest BCUT2D eigenvalue weighted by Gasteiger charge is -2.21. The van der Waals surface area contributed by atoms with E-state index in [-0.39, 0.29) is 24.0 Å². The van der Waals surface area contributed by atoms with E-state index in [1.165, 1.54) is 10.8 Å². The molecule has 1 aromatic carbocycles. The number of hydrogen-bond acceptors (Lipinski definition) is 4. The molecule has 0 radical (unpaired) electrons. The number of fused-ring (bicyclic) bond motifs is 1. The van der Waals surface area contributed by atoms with Crippen molar-refractivity contribution in [3.8, 4) is 0 Å². The number of hydrogen-bond donors (Lipinski definition) is 1. The first-order valence-corrected chi connectivity index (χ1v) is 8.71. The standard InChI is InChI=1S/C18H21N5S.HI/c1-13-22-15(12-24-13)11-23(3)18(19-2)21-10-17-16-7-5-4-6-14(16)8-9-20-17;/h4-9,12H,10-11H2,1-3H3,(H,19,21);1H. The minimum absolute atomic E-state index is 0.